The summed E-state index contributed by atoms with van der Waals surface area (Å²) >= 11 is 0. The molecule has 0 aromatic rings. The predicted octanol–water partition coefficient (Wildman–Crippen LogP) is -0.876. The van der Waals surface area contributed by atoms with Crippen molar-refractivity contribution in [1.29, 1.82) is 0 Å². The molecule has 1 saturated heterocycles. The maximum atomic E-state index is 5.05. The fraction of sp³-hybridized carbons (Fsp3) is 1.00. The van der Waals surface area contributed by atoms with E-state index >= 15 is 0 Å². The van der Waals surface area contributed by atoms with Crippen LogP contribution in [0.3, 0.4) is 0 Å². The Balaban J connectivity index is 2.17. The molecular formula is C6H14N2O2. The van der Waals surface area contributed by atoms with E-state index in [-0.39, 0.29) is 12.5 Å². The maximum Gasteiger partial charge on any atom is 0.120 e. The second-order valence-electron chi connectivity index (χ2n) is 2.27. The second kappa shape index (κ2) is 3.88. The van der Waals surface area contributed by atoms with E-state index in [2.05, 4.69) is 10.6 Å². The van der Waals surface area contributed by atoms with Gasteiger partial charge in [0.05, 0.1) is 0 Å². The molecule has 0 bridgehead atoms. The number of hydrogen-bond acceptors (Lipinski definition) is 4. The van der Waals surface area contributed by atoms with Gasteiger partial charge in [0, 0.05) is 27.3 Å². The highest BCUT2D eigenvalue weighted by atomic mass is 16.5. The molecule has 4 heteroatoms. The van der Waals surface area contributed by atoms with Crippen LogP contribution in [-0.4, -0.2) is 39.8 Å². The first kappa shape index (κ1) is 7.94. The van der Waals surface area contributed by atoms with Gasteiger partial charge in [-0.05, 0) is 0 Å². The van der Waals surface area contributed by atoms with E-state index in [4.69, 9.17) is 9.47 Å². The number of rotatable bonds is 2. The number of hydrogen-bond donors (Lipinski definition) is 2. The first-order valence-electron chi connectivity index (χ1n) is 3.39. The number of ether oxygens (including phenoxy) is 2. The lowest BCUT2D eigenvalue weighted by molar-refractivity contribution is -0.00997. The normalized spacial score (nSPS) is 34.2. The lowest BCUT2D eigenvalue weighted by atomic mass is 10.4. The summed E-state index contributed by atoms with van der Waals surface area (Å²) in [6, 6.07) is 0. The van der Waals surface area contributed by atoms with E-state index in [0.717, 1.165) is 13.1 Å². The molecule has 60 valence electrons. The summed E-state index contributed by atoms with van der Waals surface area (Å²) in [5.41, 5.74) is 0. The van der Waals surface area contributed by atoms with Crippen LogP contribution in [0.5, 0.6) is 0 Å². The van der Waals surface area contributed by atoms with Gasteiger partial charge in [-0.2, -0.15) is 0 Å². The zero-order valence-electron chi connectivity index (χ0n) is 6.39. The van der Waals surface area contributed by atoms with Crippen molar-refractivity contribution in [2.75, 3.05) is 27.3 Å². The molecule has 0 spiro atoms. The molecule has 1 aliphatic rings. The predicted molar refractivity (Wildman–Crippen MR) is 37.6 cm³/mol. The first-order valence-corrected chi connectivity index (χ1v) is 3.39. The van der Waals surface area contributed by atoms with E-state index in [1.54, 1.807) is 14.2 Å². The smallest absolute Gasteiger partial charge is 0.120 e. The minimum absolute atomic E-state index is 0.131. The molecule has 4 nitrogen and oxygen atoms in total. The highest BCUT2D eigenvalue weighted by molar-refractivity contribution is 4.71. The van der Waals surface area contributed by atoms with Gasteiger partial charge in [0.25, 0.3) is 0 Å². The molecular weight excluding hydrogens is 132 g/mol. The molecule has 2 N–H and O–H groups in total. The fourth-order valence-electron chi connectivity index (χ4n) is 0.955. The van der Waals surface area contributed by atoms with Crippen molar-refractivity contribution in [1.82, 2.24) is 10.6 Å². The number of nitrogens with one attached hydrogen (secondary N) is 2. The summed E-state index contributed by atoms with van der Waals surface area (Å²) in [4.78, 5) is 0. The van der Waals surface area contributed by atoms with E-state index in [9.17, 15) is 0 Å². The van der Waals surface area contributed by atoms with Crippen LogP contribution in [0.4, 0.5) is 0 Å². The van der Waals surface area contributed by atoms with Crippen LogP contribution in [0, 0.1) is 0 Å². The van der Waals surface area contributed by atoms with Crippen LogP contribution >= 0.6 is 0 Å². The van der Waals surface area contributed by atoms with Crippen molar-refractivity contribution >= 4 is 0 Å². The third-order valence-electron chi connectivity index (χ3n) is 1.63. The van der Waals surface area contributed by atoms with Gasteiger partial charge in [0.2, 0.25) is 0 Å². The van der Waals surface area contributed by atoms with Gasteiger partial charge >= 0.3 is 0 Å². The molecule has 0 radical (unpaired) electrons. The van der Waals surface area contributed by atoms with Gasteiger partial charge in [-0.25, -0.2) is 0 Å². The number of piperazine rings is 1. The molecule has 10 heavy (non-hydrogen) atoms. The van der Waals surface area contributed by atoms with Gasteiger partial charge in [-0.1, -0.05) is 0 Å². The van der Waals surface area contributed by atoms with E-state index in [1.807, 2.05) is 0 Å². The second-order valence-corrected chi connectivity index (χ2v) is 2.27. The van der Waals surface area contributed by atoms with Gasteiger partial charge in [0.1, 0.15) is 12.5 Å². The zero-order chi connectivity index (χ0) is 7.40. The molecule has 1 heterocycles. The van der Waals surface area contributed by atoms with Gasteiger partial charge in [-0.15, -0.1) is 0 Å². The molecule has 0 amide bonds. The van der Waals surface area contributed by atoms with Crippen molar-refractivity contribution in [3.63, 3.8) is 0 Å². The molecule has 0 aliphatic carbocycles. The van der Waals surface area contributed by atoms with Crippen LogP contribution in [0.15, 0.2) is 0 Å². The Kier molecular flexibility index (Phi) is 3.08. The molecule has 1 fully saturated rings. The largest absolute Gasteiger partial charge is 0.365 e. The minimum Gasteiger partial charge on any atom is -0.365 e. The highest BCUT2D eigenvalue weighted by Gasteiger charge is 2.17. The summed E-state index contributed by atoms with van der Waals surface area (Å²) in [6.07, 6.45) is 0.262. The van der Waals surface area contributed by atoms with E-state index < -0.39 is 0 Å². The minimum atomic E-state index is 0.131. The summed E-state index contributed by atoms with van der Waals surface area (Å²) in [5.74, 6) is 0. The van der Waals surface area contributed by atoms with Crippen molar-refractivity contribution in [3.05, 3.63) is 0 Å². The molecule has 0 aromatic carbocycles. The van der Waals surface area contributed by atoms with Crippen LogP contribution < -0.4 is 10.6 Å². The monoisotopic (exact) mass is 146 g/mol. The molecule has 2 atom stereocenters. The Labute approximate surface area is 60.9 Å². The molecule has 1 rings (SSSR count). The van der Waals surface area contributed by atoms with E-state index in [1.165, 1.54) is 0 Å². The Hall–Kier alpha value is -0.160. The van der Waals surface area contributed by atoms with Gasteiger partial charge < -0.3 is 9.47 Å². The van der Waals surface area contributed by atoms with Gasteiger partial charge in [-0.3, -0.25) is 10.6 Å². The Morgan fingerprint density at radius 2 is 1.40 bits per heavy atom. The van der Waals surface area contributed by atoms with Crippen molar-refractivity contribution in [3.8, 4) is 0 Å². The summed E-state index contributed by atoms with van der Waals surface area (Å²) in [5, 5.41) is 6.32. The Bertz CT molecular complexity index is 79.7. The zero-order valence-corrected chi connectivity index (χ0v) is 6.39. The van der Waals surface area contributed by atoms with Crippen LogP contribution in [0.2, 0.25) is 0 Å². The van der Waals surface area contributed by atoms with E-state index in [0.29, 0.717) is 0 Å². The molecule has 1 aliphatic heterocycles. The van der Waals surface area contributed by atoms with Crippen LogP contribution in [-0.2, 0) is 9.47 Å². The fourth-order valence-corrected chi connectivity index (χ4v) is 0.955. The average Bonchev–Trinajstić information content (AvgIpc) is 2.05. The average molecular weight is 146 g/mol. The molecule has 2 unspecified atom stereocenters. The topological polar surface area (TPSA) is 42.5 Å². The summed E-state index contributed by atoms with van der Waals surface area (Å²) in [7, 11) is 3.37. The quantitative estimate of drug-likeness (QED) is 0.531. The summed E-state index contributed by atoms with van der Waals surface area (Å²) < 4.78 is 10.1. The van der Waals surface area contributed by atoms with Crippen molar-refractivity contribution < 1.29 is 9.47 Å². The SMILES string of the molecule is COC1CNC(OC)CN1. The van der Waals surface area contributed by atoms with Crippen molar-refractivity contribution in [2.24, 2.45) is 0 Å². The lowest BCUT2D eigenvalue weighted by Gasteiger charge is -2.28. The van der Waals surface area contributed by atoms with Crippen molar-refractivity contribution in [2.45, 2.75) is 12.5 Å². The third kappa shape index (κ3) is 1.91. The Morgan fingerprint density at radius 3 is 1.60 bits per heavy atom. The van der Waals surface area contributed by atoms with Gasteiger partial charge in [0.15, 0.2) is 0 Å². The van der Waals surface area contributed by atoms with Crippen LogP contribution in [0.25, 0.3) is 0 Å². The highest BCUT2D eigenvalue weighted by Crippen LogP contribution is 1.93. The third-order valence-corrected chi connectivity index (χ3v) is 1.63. The maximum absolute atomic E-state index is 5.05. The standard InChI is InChI=1S/C6H14N2O2/c1-9-5-3-8-6(10-2)4-7-5/h5-8H,3-4H2,1-2H3. The Morgan fingerprint density at radius 1 is 1.00 bits per heavy atom. The first-order chi connectivity index (χ1) is 4.86. The summed E-state index contributed by atoms with van der Waals surface area (Å²) in [6.45, 7) is 1.60. The van der Waals surface area contributed by atoms with Crippen LogP contribution in [0.1, 0.15) is 0 Å². The molecule has 0 aromatic heterocycles. The molecule has 0 saturated carbocycles. The lowest BCUT2D eigenvalue weighted by Crippen LogP contribution is -2.55. The number of methoxy groups -OCH3 is 2.